The standard InChI is InChI=1S/C11H23NOS/c1-10(2)12-8-9-14(13)11-6-4-3-5-7-11/h10-12H,3-9H2,1-2H3. The van der Waals surface area contributed by atoms with Crippen LogP contribution < -0.4 is 5.32 Å². The van der Waals surface area contributed by atoms with Gasteiger partial charge in [-0.1, -0.05) is 33.1 Å². The van der Waals surface area contributed by atoms with Crippen molar-refractivity contribution in [2.24, 2.45) is 0 Å². The molecule has 3 heteroatoms. The van der Waals surface area contributed by atoms with Gasteiger partial charge in [0.15, 0.2) is 0 Å². The third kappa shape index (κ3) is 4.56. The van der Waals surface area contributed by atoms with Gasteiger partial charge in [-0.25, -0.2) is 0 Å². The Labute approximate surface area is 90.3 Å². The lowest BCUT2D eigenvalue weighted by atomic mass is 10.0. The van der Waals surface area contributed by atoms with Gasteiger partial charge in [0.2, 0.25) is 0 Å². The average molecular weight is 217 g/mol. The first-order valence-electron chi connectivity index (χ1n) is 5.80. The summed E-state index contributed by atoms with van der Waals surface area (Å²) in [6, 6.07) is 0.512. The van der Waals surface area contributed by atoms with Crippen molar-refractivity contribution in [3.8, 4) is 0 Å². The van der Waals surface area contributed by atoms with Crippen LogP contribution in [0.1, 0.15) is 46.0 Å². The first-order chi connectivity index (χ1) is 6.70. The van der Waals surface area contributed by atoms with E-state index in [1.54, 1.807) is 0 Å². The molecule has 1 rings (SSSR count). The molecule has 1 saturated carbocycles. The minimum atomic E-state index is -0.585. The minimum Gasteiger partial charge on any atom is -0.314 e. The van der Waals surface area contributed by atoms with Crippen LogP contribution in [-0.4, -0.2) is 27.8 Å². The van der Waals surface area contributed by atoms with Crippen LogP contribution in [0, 0.1) is 0 Å². The Kier molecular flexibility index (Phi) is 5.71. The highest BCUT2D eigenvalue weighted by Gasteiger charge is 2.18. The summed E-state index contributed by atoms with van der Waals surface area (Å²) < 4.78 is 11.9. The quantitative estimate of drug-likeness (QED) is 0.764. The van der Waals surface area contributed by atoms with Crippen molar-refractivity contribution in [3.05, 3.63) is 0 Å². The van der Waals surface area contributed by atoms with Crippen LogP contribution in [0.5, 0.6) is 0 Å². The summed E-state index contributed by atoms with van der Waals surface area (Å²) in [6.45, 7) is 5.16. The molecule has 0 radical (unpaired) electrons. The second-order valence-corrected chi connectivity index (χ2v) is 6.29. The molecule has 14 heavy (non-hydrogen) atoms. The number of hydrogen-bond acceptors (Lipinski definition) is 2. The zero-order chi connectivity index (χ0) is 10.4. The van der Waals surface area contributed by atoms with Crippen molar-refractivity contribution in [1.29, 1.82) is 0 Å². The van der Waals surface area contributed by atoms with Crippen LogP contribution in [0.4, 0.5) is 0 Å². The fourth-order valence-electron chi connectivity index (χ4n) is 1.94. The van der Waals surface area contributed by atoms with Gasteiger partial charge in [0, 0.05) is 34.4 Å². The molecule has 2 nitrogen and oxygen atoms in total. The lowest BCUT2D eigenvalue weighted by Crippen LogP contribution is -2.30. The lowest BCUT2D eigenvalue weighted by molar-refractivity contribution is 0.503. The molecule has 0 spiro atoms. The van der Waals surface area contributed by atoms with E-state index < -0.39 is 10.8 Å². The van der Waals surface area contributed by atoms with Crippen LogP contribution in [0.3, 0.4) is 0 Å². The predicted octanol–water partition coefficient (Wildman–Crippen LogP) is 2.07. The van der Waals surface area contributed by atoms with Gasteiger partial charge >= 0.3 is 0 Å². The highest BCUT2D eigenvalue weighted by atomic mass is 32.2. The fraction of sp³-hybridized carbons (Fsp3) is 1.00. The highest BCUT2D eigenvalue weighted by molar-refractivity contribution is 7.85. The van der Waals surface area contributed by atoms with Crippen LogP contribution in [-0.2, 0) is 10.8 Å². The van der Waals surface area contributed by atoms with Crippen molar-refractivity contribution in [1.82, 2.24) is 5.32 Å². The van der Waals surface area contributed by atoms with Crippen LogP contribution in [0.15, 0.2) is 0 Å². The van der Waals surface area contributed by atoms with E-state index in [0.717, 1.165) is 12.3 Å². The van der Waals surface area contributed by atoms with Gasteiger partial charge in [-0.3, -0.25) is 4.21 Å². The van der Waals surface area contributed by atoms with E-state index in [0.29, 0.717) is 11.3 Å². The smallest absolute Gasteiger partial charge is 0.0362 e. The second kappa shape index (κ2) is 6.57. The molecule has 0 heterocycles. The number of hydrogen-bond donors (Lipinski definition) is 1. The summed E-state index contributed by atoms with van der Waals surface area (Å²) in [5, 5.41) is 3.82. The van der Waals surface area contributed by atoms with Gasteiger partial charge in [0.1, 0.15) is 0 Å². The van der Waals surface area contributed by atoms with Gasteiger partial charge in [0.05, 0.1) is 0 Å². The van der Waals surface area contributed by atoms with Crippen LogP contribution in [0.25, 0.3) is 0 Å². The predicted molar refractivity (Wildman–Crippen MR) is 63.0 cm³/mol. The first kappa shape index (κ1) is 12.2. The summed E-state index contributed by atoms with van der Waals surface area (Å²) in [6.07, 6.45) is 6.29. The van der Waals surface area contributed by atoms with Gasteiger partial charge in [0.25, 0.3) is 0 Å². The number of nitrogens with one attached hydrogen (secondary N) is 1. The van der Waals surface area contributed by atoms with E-state index in [-0.39, 0.29) is 0 Å². The summed E-state index contributed by atoms with van der Waals surface area (Å²) in [5.74, 6) is 0.836. The largest absolute Gasteiger partial charge is 0.314 e. The molecule has 0 amide bonds. The summed E-state index contributed by atoms with van der Waals surface area (Å²) in [7, 11) is -0.585. The van der Waals surface area contributed by atoms with E-state index in [9.17, 15) is 4.21 Å². The van der Waals surface area contributed by atoms with Gasteiger partial charge in [-0.15, -0.1) is 0 Å². The molecule has 0 aliphatic heterocycles. The molecule has 1 atom stereocenters. The molecule has 0 saturated heterocycles. The third-order valence-electron chi connectivity index (χ3n) is 2.78. The Morgan fingerprint density at radius 2 is 1.93 bits per heavy atom. The fourth-order valence-corrected chi connectivity index (χ4v) is 3.45. The van der Waals surface area contributed by atoms with E-state index in [1.165, 1.54) is 32.1 Å². The topological polar surface area (TPSA) is 29.1 Å². The molecule has 0 aromatic heterocycles. The molecule has 1 N–H and O–H groups in total. The Morgan fingerprint density at radius 3 is 2.50 bits per heavy atom. The zero-order valence-electron chi connectivity index (χ0n) is 9.42. The molecule has 0 aromatic carbocycles. The van der Waals surface area contributed by atoms with E-state index in [2.05, 4.69) is 19.2 Å². The number of rotatable bonds is 5. The minimum absolute atomic E-state index is 0.498. The molecule has 0 bridgehead atoms. The van der Waals surface area contributed by atoms with Crippen molar-refractivity contribution in [2.75, 3.05) is 12.3 Å². The Morgan fingerprint density at radius 1 is 1.29 bits per heavy atom. The highest BCUT2D eigenvalue weighted by Crippen LogP contribution is 2.21. The second-order valence-electron chi connectivity index (χ2n) is 4.45. The molecular formula is C11H23NOS. The Hall–Kier alpha value is 0.110. The summed E-state index contributed by atoms with van der Waals surface area (Å²) >= 11 is 0. The summed E-state index contributed by atoms with van der Waals surface area (Å²) in [5.41, 5.74) is 0. The van der Waals surface area contributed by atoms with Crippen molar-refractivity contribution in [3.63, 3.8) is 0 Å². The van der Waals surface area contributed by atoms with Crippen molar-refractivity contribution >= 4 is 10.8 Å². The third-order valence-corrected chi connectivity index (χ3v) is 4.60. The van der Waals surface area contributed by atoms with Crippen LogP contribution >= 0.6 is 0 Å². The Balaban J connectivity index is 2.13. The molecular weight excluding hydrogens is 194 g/mol. The summed E-state index contributed by atoms with van der Waals surface area (Å²) in [4.78, 5) is 0. The SMILES string of the molecule is CC(C)NCCS(=O)C1CCCCC1. The normalized spacial score (nSPS) is 21.4. The van der Waals surface area contributed by atoms with Gasteiger partial charge < -0.3 is 5.32 Å². The van der Waals surface area contributed by atoms with E-state index in [4.69, 9.17) is 0 Å². The van der Waals surface area contributed by atoms with Crippen molar-refractivity contribution < 1.29 is 4.21 Å². The van der Waals surface area contributed by atoms with Crippen molar-refractivity contribution in [2.45, 2.75) is 57.2 Å². The molecule has 1 aliphatic rings. The lowest BCUT2D eigenvalue weighted by Gasteiger charge is -2.21. The zero-order valence-corrected chi connectivity index (χ0v) is 10.2. The molecule has 0 aromatic rings. The first-order valence-corrected chi connectivity index (χ1v) is 7.19. The van der Waals surface area contributed by atoms with Gasteiger partial charge in [-0.2, -0.15) is 0 Å². The van der Waals surface area contributed by atoms with Gasteiger partial charge in [-0.05, 0) is 12.8 Å². The monoisotopic (exact) mass is 217 g/mol. The molecule has 1 unspecified atom stereocenters. The molecule has 1 aliphatic carbocycles. The maximum atomic E-state index is 11.9. The van der Waals surface area contributed by atoms with E-state index in [1.807, 2.05) is 0 Å². The Bertz CT molecular complexity index is 176. The maximum Gasteiger partial charge on any atom is 0.0362 e. The molecule has 84 valence electrons. The van der Waals surface area contributed by atoms with Crippen LogP contribution in [0.2, 0.25) is 0 Å². The van der Waals surface area contributed by atoms with E-state index >= 15 is 0 Å². The maximum absolute atomic E-state index is 11.9. The average Bonchev–Trinajstić information content (AvgIpc) is 2.18. The molecule has 1 fully saturated rings.